The number of nitrogens with two attached hydrogens (primary N) is 1. The summed E-state index contributed by atoms with van der Waals surface area (Å²) in [5.74, 6) is -0.931. The highest BCUT2D eigenvalue weighted by molar-refractivity contribution is 5.90. The summed E-state index contributed by atoms with van der Waals surface area (Å²) < 4.78 is 0. The molecule has 1 aromatic rings. The van der Waals surface area contributed by atoms with Crippen LogP contribution in [0.3, 0.4) is 0 Å². The van der Waals surface area contributed by atoms with Gasteiger partial charge < -0.3 is 15.7 Å². The molecule has 0 aromatic heterocycles. The summed E-state index contributed by atoms with van der Waals surface area (Å²) in [5, 5.41) is 8.98. The number of hydrogen-bond donors (Lipinski definition) is 2. The molecule has 5 nitrogen and oxygen atoms in total. The number of hydrogen-bond acceptors (Lipinski definition) is 4. The topological polar surface area (TPSA) is 69.8 Å². The van der Waals surface area contributed by atoms with Crippen LogP contribution in [0, 0.1) is 0 Å². The highest BCUT2D eigenvalue weighted by Gasteiger charge is 2.30. The Morgan fingerprint density at radius 3 is 2.65 bits per heavy atom. The van der Waals surface area contributed by atoms with E-state index in [4.69, 9.17) is 10.8 Å². The van der Waals surface area contributed by atoms with Crippen molar-refractivity contribution >= 4 is 17.3 Å². The maximum atomic E-state index is 10.9. The lowest BCUT2D eigenvalue weighted by Crippen LogP contribution is -2.35. The summed E-state index contributed by atoms with van der Waals surface area (Å²) >= 11 is 0. The van der Waals surface area contributed by atoms with Crippen molar-refractivity contribution in [2.75, 3.05) is 36.8 Å². The van der Waals surface area contributed by atoms with Gasteiger partial charge in [0, 0.05) is 19.1 Å². The Hall–Kier alpha value is -1.75. The van der Waals surface area contributed by atoms with Gasteiger partial charge in [0.05, 0.1) is 16.9 Å². The van der Waals surface area contributed by atoms with Gasteiger partial charge in [-0.25, -0.2) is 4.79 Å². The zero-order valence-electron chi connectivity index (χ0n) is 11.6. The van der Waals surface area contributed by atoms with E-state index in [-0.39, 0.29) is 5.56 Å². The van der Waals surface area contributed by atoms with Crippen molar-refractivity contribution in [1.29, 1.82) is 0 Å². The van der Waals surface area contributed by atoms with Crippen LogP contribution in [0.4, 0.5) is 11.4 Å². The molecule has 2 saturated heterocycles. The molecule has 20 heavy (non-hydrogen) atoms. The molecule has 3 rings (SSSR count). The van der Waals surface area contributed by atoms with Gasteiger partial charge in [0.15, 0.2) is 0 Å². The second-order valence-corrected chi connectivity index (χ2v) is 5.71. The minimum atomic E-state index is -0.931. The summed E-state index contributed by atoms with van der Waals surface area (Å²) in [5.41, 5.74) is 7.80. The highest BCUT2D eigenvalue weighted by Crippen LogP contribution is 2.30. The van der Waals surface area contributed by atoms with Crippen LogP contribution in [0.25, 0.3) is 0 Å². The number of rotatable bonds is 3. The predicted molar refractivity (Wildman–Crippen MR) is 79.2 cm³/mol. The lowest BCUT2D eigenvalue weighted by atomic mass is 10.1. The SMILES string of the molecule is Nc1cc(C(=O)O)ccc1N1CCC(N2CCCC2)C1. The summed E-state index contributed by atoms with van der Waals surface area (Å²) in [6.45, 7) is 4.42. The van der Waals surface area contributed by atoms with E-state index in [2.05, 4.69) is 9.80 Å². The van der Waals surface area contributed by atoms with Gasteiger partial charge in [0.25, 0.3) is 0 Å². The maximum absolute atomic E-state index is 10.9. The molecule has 1 atom stereocenters. The van der Waals surface area contributed by atoms with Crippen LogP contribution in [0.5, 0.6) is 0 Å². The van der Waals surface area contributed by atoms with Crippen LogP contribution >= 0.6 is 0 Å². The average Bonchev–Trinajstić information content (AvgIpc) is 3.09. The van der Waals surface area contributed by atoms with Gasteiger partial charge in [-0.15, -0.1) is 0 Å². The Bertz CT molecular complexity index is 512. The third-order valence-electron chi connectivity index (χ3n) is 4.44. The fourth-order valence-electron chi connectivity index (χ4n) is 3.34. The zero-order valence-corrected chi connectivity index (χ0v) is 11.6. The highest BCUT2D eigenvalue weighted by atomic mass is 16.4. The Labute approximate surface area is 119 Å². The number of anilines is 2. The second-order valence-electron chi connectivity index (χ2n) is 5.71. The zero-order chi connectivity index (χ0) is 14.1. The predicted octanol–water partition coefficient (Wildman–Crippen LogP) is 1.64. The van der Waals surface area contributed by atoms with Gasteiger partial charge in [-0.1, -0.05) is 0 Å². The first-order valence-electron chi connectivity index (χ1n) is 7.27. The molecule has 2 aliphatic rings. The molecule has 1 unspecified atom stereocenters. The Balaban J connectivity index is 1.72. The van der Waals surface area contributed by atoms with Crippen molar-refractivity contribution in [3.05, 3.63) is 23.8 Å². The molecule has 0 saturated carbocycles. The molecule has 2 heterocycles. The van der Waals surface area contributed by atoms with E-state index in [0.717, 1.165) is 18.8 Å². The summed E-state index contributed by atoms with van der Waals surface area (Å²) in [6, 6.07) is 5.65. The third kappa shape index (κ3) is 2.45. The number of aromatic carboxylic acids is 1. The minimum Gasteiger partial charge on any atom is -0.478 e. The first-order chi connectivity index (χ1) is 9.65. The number of benzene rings is 1. The molecular formula is C15H21N3O2. The average molecular weight is 275 g/mol. The summed E-state index contributed by atoms with van der Waals surface area (Å²) in [6.07, 6.45) is 3.79. The van der Waals surface area contributed by atoms with Gasteiger partial charge in [-0.3, -0.25) is 4.90 Å². The van der Waals surface area contributed by atoms with Crippen molar-refractivity contribution in [3.63, 3.8) is 0 Å². The number of carbonyl (C=O) groups is 1. The van der Waals surface area contributed by atoms with Crippen molar-refractivity contribution in [1.82, 2.24) is 4.90 Å². The van der Waals surface area contributed by atoms with Crippen molar-refractivity contribution in [2.45, 2.75) is 25.3 Å². The van der Waals surface area contributed by atoms with Crippen LogP contribution in [0.15, 0.2) is 18.2 Å². The van der Waals surface area contributed by atoms with Crippen LogP contribution in [-0.4, -0.2) is 48.2 Å². The van der Waals surface area contributed by atoms with Gasteiger partial charge >= 0.3 is 5.97 Å². The molecule has 0 bridgehead atoms. The molecule has 0 aliphatic carbocycles. The van der Waals surface area contributed by atoms with E-state index < -0.39 is 5.97 Å². The maximum Gasteiger partial charge on any atom is 0.335 e. The molecule has 2 aliphatic heterocycles. The monoisotopic (exact) mass is 275 g/mol. The van der Waals surface area contributed by atoms with Gasteiger partial charge in [0.2, 0.25) is 0 Å². The first-order valence-corrected chi connectivity index (χ1v) is 7.27. The van der Waals surface area contributed by atoms with Crippen molar-refractivity contribution < 1.29 is 9.90 Å². The third-order valence-corrected chi connectivity index (χ3v) is 4.44. The van der Waals surface area contributed by atoms with Crippen LogP contribution in [0.2, 0.25) is 0 Å². The number of nitrogens with zero attached hydrogens (tertiary/aromatic N) is 2. The second kappa shape index (κ2) is 5.32. The van der Waals surface area contributed by atoms with Crippen molar-refractivity contribution in [3.8, 4) is 0 Å². The van der Waals surface area contributed by atoms with Gasteiger partial charge in [-0.2, -0.15) is 0 Å². The molecule has 2 fully saturated rings. The molecule has 0 spiro atoms. The van der Waals surface area contributed by atoms with E-state index in [9.17, 15) is 4.79 Å². The molecule has 108 valence electrons. The number of carboxylic acid groups (broad SMARTS) is 1. The standard InChI is InChI=1S/C15H21N3O2/c16-13-9-11(15(19)20)3-4-14(13)18-8-5-12(10-18)17-6-1-2-7-17/h3-4,9,12H,1-2,5-8,10,16H2,(H,19,20). The van der Waals surface area contributed by atoms with E-state index in [1.165, 1.54) is 32.4 Å². The molecule has 0 radical (unpaired) electrons. The molecule has 0 amide bonds. The van der Waals surface area contributed by atoms with Gasteiger partial charge in [-0.05, 0) is 50.6 Å². The molecular weight excluding hydrogens is 254 g/mol. The Kier molecular flexibility index (Phi) is 3.53. The smallest absolute Gasteiger partial charge is 0.335 e. The van der Waals surface area contributed by atoms with Crippen LogP contribution < -0.4 is 10.6 Å². The van der Waals surface area contributed by atoms with E-state index >= 15 is 0 Å². The lowest BCUT2D eigenvalue weighted by molar-refractivity contribution is 0.0697. The Morgan fingerprint density at radius 1 is 1.25 bits per heavy atom. The van der Waals surface area contributed by atoms with E-state index in [0.29, 0.717) is 11.7 Å². The largest absolute Gasteiger partial charge is 0.478 e. The van der Waals surface area contributed by atoms with Crippen molar-refractivity contribution in [2.24, 2.45) is 0 Å². The quantitative estimate of drug-likeness (QED) is 0.821. The minimum absolute atomic E-state index is 0.251. The lowest BCUT2D eigenvalue weighted by Gasteiger charge is -2.25. The molecule has 5 heteroatoms. The molecule has 1 aromatic carbocycles. The van der Waals surface area contributed by atoms with E-state index in [1.807, 2.05) is 6.07 Å². The van der Waals surface area contributed by atoms with Crippen LogP contribution in [-0.2, 0) is 0 Å². The van der Waals surface area contributed by atoms with Crippen LogP contribution in [0.1, 0.15) is 29.6 Å². The summed E-state index contributed by atoms with van der Waals surface area (Å²) in [4.78, 5) is 15.8. The van der Waals surface area contributed by atoms with E-state index in [1.54, 1.807) is 12.1 Å². The fraction of sp³-hybridized carbons (Fsp3) is 0.533. The van der Waals surface area contributed by atoms with Gasteiger partial charge in [0.1, 0.15) is 0 Å². The summed E-state index contributed by atoms with van der Waals surface area (Å²) in [7, 11) is 0. The Morgan fingerprint density at radius 2 is 2.00 bits per heavy atom. The normalized spacial score (nSPS) is 23.4. The molecule has 3 N–H and O–H groups in total. The number of likely N-dealkylation sites (tertiary alicyclic amines) is 1. The number of nitrogen functional groups attached to an aromatic ring is 1. The number of carboxylic acids is 1. The first kappa shape index (κ1) is 13.2. The fourth-order valence-corrected chi connectivity index (χ4v) is 3.34.